The Hall–Kier alpha value is -4.86. The van der Waals surface area contributed by atoms with Crippen LogP contribution in [0.2, 0.25) is 0 Å². The van der Waals surface area contributed by atoms with E-state index in [4.69, 9.17) is 9.40 Å². The molecule has 0 atom stereocenters. The number of furan rings is 1. The molecule has 0 aliphatic heterocycles. The molecule has 0 amide bonds. The molecule has 3 aromatic heterocycles. The molecule has 5 aromatic rings. The molecule has 0 fully saturated rings. The summed E-state index contributed by atoms with van der Waals surface area (Å²) >= 11 is 0. The zero-order valence-electron chi connectivity index (χ0n) is 21.7. The van der Waals surface area contributed by atoms with Gasteiger partial charge in [0.05, 0.1) is 18.5 Å². The number of nitrogens with one attached hydrogen (secondary N) is 1. The molecule has 0 aliphatic rings. The number of aryl methyl sites for hydroxylation is 2. The highest BCUT2D eigenvalue weighted by Crippen LogP contribution is 2.30. The van der Waals surface area contributed by atoms with Gasteiger partial charge in [-0.05, 0) is 47.7 Å². The van der Waals surface area contributed by atoms with Gasteiger partial charge < -0.3 is 9.52 Å². The van der Waals surface area contributed by atoms with Crippen LogP contribution in [-0.2, 0) is 19.4 Å². The number of tetrazole rings is 1. The molecule has 0 saturated heterocycles. The van der Waals surface area contributed by atoms with Crippen LogP contribution in [-0.4, -0.2) is 41.3 Å². The highest BCUT2D eigenvalue weighted by atomic mass is 16.4. The van der Waals surface area contributed by atoms with E-state index >= 15 is 0 Å². The van der Waals surface area contributed by atoms with E-state index in [1.54, 1.807) is 6.92 Å². The summed E-state index contributed by atoms with van der Waals surface area (Å²) in [6, 6.07) is 17.3. The summed E-state index contributed by atoms with van der Waals surface area (Å²) in [5.41, 5.74) is 5.03. The first-order valence-electron chi connectivity index (χ1n) is 12.8. The molecule has 10 heteroatoms. The van der Waals surface area contributed by atoms with Crippen molar-refractivity contribution >= 4 is 5.97 Å². The van der Waals surface area contributed by atoms with Gasteiger partial charge in [-0.1, -0.05) is 61.9 Å². The third-order valence-electron chi connectivity index (χ3n) is 6.74. The quantitative estimate of drug-likeness (QED) is 0.269. The van der Waals surface area contributed by atoms with Crippen LogP contribution in [0.15, 0.2) is 70.1 Å². The lowest BCUT2D eigenvalue weighted by molar-refractivity contribution is 0.0694. The summed E-state index contributed by atoms with van der Waals surface area (Å²) in [5, 5.41) is 23.9. The number of aromatic amines is 1. The van der Waals surface area contributed by atoms with E-state index in [1.807, 2.05) is 48.5 Å². The van der Waals surface area contributed by atoms with Crippen molar-refractivity contribution in [2.75, 3.05) is 0 Å². The number of aromatic carboxylic acids is 1. The number of unbranched alkanes of at least 4 members (excludes halogenated alkanes) is 1. The number of carboxylic acids is 1. The smallest absolute Gasteiger partial charge is 0.339 e. The van der Waals surface area contributed by atoms with Crippen LogP contribution < -0.4 is 5.56 Å². The lowest BCUT2D eigenvalue weighted by atomic mass is 9.96. The largest absolute Gasteiger partial charge is 0.478 e. The van der Waals surface area contributed by atoms with E-state index in [-0.39, 0.29) is 23.4 Å². The van der Waals surface area contributed by atoms with Gasteiger partial charge in [0.15, 0.2) is 0 Å². The molecule has 0 spiro atoms. The van der Waals surface area contributed by atoms with E-state index in [9.17, 15) is 14.7 Å². The minimum Gasteiger partial charge on any atom is -0.478 e. The average molecular weight is 525 g/mol. The number of carboxylic acid groups (broad SMARTS) is 1. The molecule has 0 unspecified atom stereocenters. The molecular weight excluding hydrogens is 496 g/mol. The number of carbonyl (C=O) groups is 1. The van der Waals surface area contributed by atoms with Crippen LogP contribution in [0.4, 0.5) is 0 Å². The van der Waals surface area contributed by atoms with E-state index in [1.165, 1.54) is 16.9 Å². The molecule has 0 saturated carbocycles. The fraction of sp³-hybridized carbons (Fsp3) is 0.241. The number of benzene rings is 2. The molecule has 0 aliphatic carbocycles. The zero-order chi connectivity index (χ0) is 27.4. The van der Waals surface area contributed by atoms with Gasteiger partial charge in [0, 0.05) is 17.5 Å². The highest BCUT2D eigenvalue weighted by Gasteiger charge is 2.20. The second-order valence-electron chi connectivity index (χ2n) is 9.30. The molecule has 2 aromatic carbocycles. The number of hydrogen-bond donors (Lipinski definition) is 2. The molecule has 198 valence electrons. The Morgan fingerprint density at radius 3 is 2.54 bits per heavy atom. The van der Waals surface area contributed by atoms with Gasteiger partial charge in [-0.3, -0.25) is 9.36 Å². The van der Waals surface area contributed by atoms with Gasteiger partial charge in [-0.25, -0.2) is 9.78 Å². The molecular formula is C29H28N6O4. The van der Waals surface area contributed by atoms with Crippen molar-refractivity contribution in [2.45, 2.75) is 46.1 Å². The third kappa shape index (κ3) is 5.40. The Morgan fingerprint density at radius 1 is 1.08 bits per heavy atom. The molecule has 3 heterocycles. The van der Waals surface area contributed by atoms with Crippen LogP contribution in [0.3, 0.4) is 0 Å². The summed E-state index contributed by atoms with van der Waals surface area (Å²) in [4.78, 5) is 30.1. The highest BCUT2D eigenvalue weighted by molar-refractivity contribution is 5.88. The summed E-state index contributed by atoms with van der Waals surface area (Å²) < 4.78 is 6.89. The standard InChI is InChI=1S/C29H28N6O4/c1-3-4-9-25-24(28(36)35(18(2)30-25)17-26-23(29(37)38)14-15-39-26)16-19-10-12-20(13-11-19)21-7-5-6-8-22(21)27-31-33-34-32-27/h5-8,10-15H,3-4,9,16-17H2,1-2H3,(H,37,38)(H,31,32,33,34). The summed E-state index contributed by atoms with van der Waals surface area (Å²) in [5.74, 6) is 0.157. The molecule has 0 radical (unpaired) electrons. The maximum Gasteiger partial charge on any atom is 0.339 e. The Kier molecular flexibility index (Phi) is 7.44. The van der Waals surface area contributed by atoms with Crippen LogP contribution >= 0.6 is 0 Å². The summed E-state index contributed by atoms with van der Waals surface area (Å²) in [6.45, 7) is 3.86. The lowest BCUT2D eigenvalue weighted by Gasteiger charge is -2.15. The van der Waals surface area contributed by atoms with Gasteiger partial charge in [0.25, 0.3) is 5.56 Å². The van der Waals surface area contributed by atoms with E-state index in [0.717, 1.165) is 40.8 Å². The van der Waals surface area contributed by atoms with Crippen molar-refractivity contribution in [3.63, 3.8) is 0 Å². The average Bonchev–Trinajstić information content (AvgIpc) is 3.65. The Bertz CT molecular complexity index is 1650. The monoisotopic (exact) mass is 524 g/mol. The number of nitrogens with zero attached hydrogens (tertiary/aromatic N) is 5. The summed E-state index contributed by atoms with van der Waals surface area (Å²) in [6.07, 6.45) is 4.31. The van der Waals surface area contributed by atoms with Crippen molar-refractivity contribution in [2.24, 2.45) is 0 Å². The van der Waals surface area contributed by atoms with Crippen LogP contribution in [0.5, 0.6) is 0 Å². The Labute approximate surface area is 224 Å². The fourth-order valence-electron chi connectivity index (χ4n) is 4.68. The molecule has 39 heavy (non-hydrogen) atoms. The van der Waals surface area contributed by atoms with Gasteiger partial charge in [0.1, 0.15) is 17.1 Å². The second-order valence-corrected chi connectivity index (χ2v) is 9.30. The van der Waals surface area contributed by atoms with Crippen molar-refractivity contribution in [3.8, 4) is 22.5 Å². The Morgan fingerprint density at radius 2 is 1.85 bits per heavy atom. The second kappa shape index (κ2) is 11.3. The van der Waals surface area contributed by atoms with Gasteiger partial charge in [0.2, 0.25) is 5.82 Å². The molecule has 5 rings (SSSR count). The predicted molar refractivity (Wildman–Crippen MR) is 144 cm³/mol. The molecule has 0 bridgehead atoms. The van der Waals surface area contributed by atoms with E-state index in [2.05, 4.69) is 27.5 Å². The first-order valence-corrected chi connectivity index (χ1v) is 12.8. The molecule has 10 nitrogen and oxygen atoms in total. The summed E-state index contributed by atoms with van der Waals surface area (Å²) in [7, 11) is 0. The van der Waals surface area contributed by atoms with Crippen molar-refractivity contribution in [1.29, 1.82) is 0 Å². The fourth-order valence-corrected chi connectivity index (χ4v) is 4.68. The third-order valence-corrected chi connectivity index (χ3v) is 6.74. The maximum absolute atomic E-state index is 13.8. The van der Waals surface area contributed by atoms with Crippen LogP contribution in [0, 0.1) is 6.92 Å². The van der Waals surface area contributed by atoms with Gasteiger partial charge in [-0.15, -0.1) is 10.2 Å². The number of H-pyrrole nitrogens is 1. The first-order chi connectivity index (χ1) is 19.0. The van der Waals surface area contributed by atoms with E-state index < -0.39 is 5.97 Å². The van der Waals surface area contributed by atoms with Gasteiger partial charge in [-0.2, -0.15) is 5.21 Å². The minimum atomic E-state index is -1.10. The predicted octanol–water partition coefficient (Wildman–Crippen LogP) is 4.67. The van der Waals surface area contributed by atoms with Gasteiger partial charge >= 0.3 is 5.97 Å². The number of aromatic nitrogens is 6. The maximum atomic E-state index is 13.8. The van der Waals surface area contributed by atoms with Crippen LogP contribution in [0.25, 0.3) is 22.5 Å². The number of rotatable bonds is 10. The minimum absolute atomic E-state index is 0.000831. The van der Waals surface area contributed by atoms with Crippen molar-refractivity contribution in [1.82, 2.24) is 30.2 Å². The van der Waals surface area contributed by atoms with Crippen molar-refractivity contribution < 1.29 is 14.3 Å². The first kappa shape index (κ1) is 25.8. The lowest BCUT2D eigenvalue weighted by Crippen LogP contribution is -2.30. The van der Waals surface area contributed by atoms with Crippen LogP contribution in [0.1, 0.15) is 58.5 Å². The number of hydrogen-bond acceptors (Lipinski definition) is 7. The topological polar surface area (TPSA) is 140 Å². The van der Waals surface area contributed by atoms with E-state index in [0.29, 0.717) is 30.1 Å². The normalized spacial score (nSPS) is 11.1. The SMILES string of the molecule is CCCCc1nc(C)n(Cc2occc2C(=O)O)c(=O)c1Cc1ccc(-c2ccccc2-c2nn[nH]n2)cc1. The molecule has 2 N–H and O–H groups in total. The zero-order valence-corrected chi connectivity index (χ0v) is 21.7. The Balaban J connectivity index is 1.49. The van der Waals surface area contributed by atoms with Crippen molar-refractivity contribution in [3.05, 3.63) is 105 Å².